The van der Waals surface area contributed by atoms with Crippen LogP contribution in [0.2, 0.25) is 5.02 Å². The van der Waals surface area contributed by atoms with Crippen molar-refractivity contribution in [1.82, 2.24) is 9.80 Å². The van der Waals surface area contributed by atoms with Crippen molar-refractivity contribution >= 4 is 35.0 Å². The number of aliphatic hydroxyl groups is 1. The lowest BCUT2D eigenvalue weighted by atomic mass is 9.93. The van der Waals surface area contributed by atoms with Gasteiger partial charge in [-0.15, -0.1) is 0 Å². The van der Waals surface area contributed by atoms with Crippen LogP contribution >= 0.6 is 11.6 Å². The van der Waals surface area contributed by atoms with Gasteiger partial charge in [0, 0.05) is 37.1 Å². The number of anilines is 1. The number of benzene rings is 2. The fraction of sp³-hybridized carbons (Fsp3) is 0.423. The van der Waals surface area contributed by atoms with Gasteiger partial charge in [0.25, 0.3) is 11.8 Å². The van der Waals surface area contributed by atoms with Crippen molar-refractivity contribution in [2.75, 3.05) is 31.1 Å². The van der Waals surface area contributed by atoms with Crippen molar-refractivity contribution in [1.29, 1.82) is 0 Å². The largest absolute Gasteiger partial charge is 0.391 e. The zero-order chi connectivity index (χ0) is 23.8. The number of hydrogen-bond acceptors (Lipinski definition) is 5. The molecule has 178 valence electrons. The van der Waals surface area contributed by atoms with Gasteiger partial charge in [0.15, 0.2) is 0 Å². The molecule has 34 heavy (non-hydrogen) atoms. The number of aliphatic hydroxyl groups excluding tert-OH is 1. The number of β-amino-alcohol motifs (C(OH)–C–C–N with tert-alkyl or cyclic N) is 1. The van der Waals surface area contributed by atoms with Gasteiger partial charge in [-0.3, -0.25) is 19.3 Å². The Hall–Kier alpha value is -2.90. The van der Waals surface area contributed by atoms with Crippen molar-refractivity contribution in [3.8, 4) is 0 Å². The molecule has 0 unspecified atom stereocenters. The van der Waals surface area contributed by atoms with Crippen LogP contribution in [0.4, 0.5) is 5.69 Å². The van der Waals surface area contributed by atoms with Crippen molar-refractivity contribution < 1.29 is 19.5 Å². The van der Waals surface area contributed by atoms with Gasteiger partial charge in [-0.2, -0.15) is 0 Å². The molecule has 7 nitrogen and oxygen atoms in total. The lowest BCUT2D eigenvalue weighted by Gasteiger charge is -2.37. The second-order valence-corrected chi connectivity index (χ2v) is 9.74. The van der Waals surface area contributed by atoms with Crippen molar-refractivity contribution in [2.45, 2.75) is 38.3 Å². The summed E-state index contributed by atoms with van der Waals surface area (Å²) in [4.78, 5) is 44.5. The highest BCUT2D eigenvalue weighted by Gasteiger charge is 2.39. The topological polar surface area (TPSA) is 81.2 Å². The molecule has 0 saturated carbocycles. The number of piperidine rings is 2. The summed E-state index contributed by atoms with van der Waals surface area (Å²) in [5.41, 5.74) is 2.32. The molecule has 3 heterocycles. The number of rotatable bonds is 4. The predicted octanol–water partition coefficient (Wildman–Crippen LogP) is 3.34. The molecule has 2 aromatic carbocycles. The van der Waals surface area contributed by atoms with E-state index in [1.54, 1.807) is 17.0 Å². The predicted molar refractivity (Wildman–Crippen MR) is 129 cm³/mol. The number of imide groups is 1. The van der Waals surface area contributed by atoms with Crippen LogP contribution in [0.3, 0.4) is 0 Å². The van der Waals surface area contributed by atoms with Gasteiger partial charge in [-0.1, -0.05) is 35.9 Å². The summed E-state index contributed by atoms with van der Waals surface area (Å²) in [5.74, 6) is -0.576. The Labute approximate surface area is 203 Å². The van der Waals surface area contributed by atoms with Gasteiger partial charge in [-0.05, 0) is 49.4 Å². The van der Waals surface area contributed by atoms with Crippen LogP contribution in [-0.2, 0) is 11.3 Å². The van der Waals surface area contributed by atoms with E-state index in [0.717, 1.165) is 24.1 Å². The Kier molecular flexibility index (Phi) is 6.32. The van der Waals surface area contributed by atoms with E-state index in [1.807, 2.05) is 30.3 Å². The minimum absolute atomic E-state index is 0.0765. The van der Waals surface area contributed by atoms with Crippen molar-refractivity contribution in [3.63, 3.8) is 0 Å². The van der Waals surface area contributed by atoms with E-state index >= 15 is 0 Å². The Bertz CT molecular complexity index is 1130. The van der Waals surface area contributed by atoms with E-state index in [2.05, 4.69) is 4.90 Å². The second kappa shape index (κ2) is 9.39. The van der Waals surface area contributed by atoms with E-state index in [0.29, 0.717) is 55.2 Å². The highest BCUT2D eigenvalue weighted by molar-refractivity contribution is 6.31. The summed E-state index contributed by atoms with van der Waals surface area (Å²) in [6.45, 7) is 2.53. The Balaban J connectivity index is 1.30. The van der Waals surface area contributed by atoms with E-state index in [4.69, 9.17) is 11.6 Å². The lowest BCUT2D eigenvalue weighted by Crippen LogP contribution is -2.47. The highest BCUT2D eigenvalue weighted by Crippen LogP contribution is 2.35. The zero-order valence-electron chi connectivity index (χ0n) is 19.0. The molecule has 0 aromatic heterocycles. The molecule has 8 heteroatoms. The van der Waals surface area contributed by atoms with Crippen LogP contribution in [0.25, 0.3) is 0 Å². The Morgan fingerprint density at radius 2 is 1.74 bits per heavy atom. The quantitative estimate of drug-likeness (QED) is 0.677. The third kappa shape index (κ3) is 4.18. The van der Waals surface area contributed by atoms with Crippen molar-refractivity contribution in [2.24, 2.45) is 5.92 Å². The van der Waals surface area contributed by atoms with Crippen LogP contribution in [0.1, 0.15) is 52.0 Å². The number of fused-ring (bicyclic) bond motifs is 1. The highest BCUT2D eigenvalue weighted by atomic mass is 35.5. The summed E-state index contributed by atoms with van der Waals surface area (Å²) in [5, 5.41) is 10.4. The van der Waals surface area contributed by atoms with Gasteiger partial charge < -0.3 is 14.9 Å². The normalized spacial score (nSPS) is 21.2. The van der Waals surface area contributed by atoms with E-state index in [9.17, 15) is 19.5 Å². The SMILES string of the molecule is O=C(C1CCN(c2cccc3c2C(=O)N(Cc2ccccc2Cl)C3=O)CC1)N1CCC[C@H](O)C1. The second-order valence-electron chi connectivity index (χ2n) is 9.33. The number of halogens is 1. The third-order valence-corrected chi connectivity index (χ3v) is 7.53. The zero-order valence-corrected chi connectivity index (χ0v) is 19.7. The van der Waals surface area contributed by atoms with Gasteiger partial charge in [-0.25, -0.2) is 0 Å². The molecule has 0 spiro atoms. The maximum atomic E-state index is 13.3. The fourth-order valence-electron chi connectivity index (χ4n) is 5.30. The van der Waals surface area contributed by atoms with E-state index in [-0.39, 0.29) is 30.2 Å². The van der Waals surface area contributed by atoms with Gasteiger partial charge in [0.05, 0.1) is 29.5 Å². The van der Waals surface area contributed by atoms with Crippen LogP contribution in [0, 0.1) is 5.92 Å². The van der Waals surface area contributed by atoms with Gasteiger partial charge in [0.1, 0.15) is 0 Å². The van der Waals surface area contributed by atoms with Crippen molar-refractivity contribution in [3.05, 3.63) is 64.2 Å². The first-order valence-corrected chi connectivity index (χ1v) is 12.3. The molecule has 0 aliphatic carbocycles. The average Bonchev–Trinajstić information content (AvgIpc) is 3.10. The van der Waals surface area contributed by atoms with E-state index < -0.39 is 6.10 Å². The first-order chi connectivity index (χ1) is 16.4. The molecule has 5 rings (SSSR count). The monoisotopic (exact) mass is 481 g/mol. The molecule has 3 aliphatic heterocycles. The average molecular weight is 482 g/mol. The summed E-state index contributed by atoms with van der Waals surface area (Å²) >= 11 is 6.26. The van der Waals surface area contributed by atoms with Crippen LogP contribution < -0.4 is 4.90 Å². The molecule has 0 bridgehead atoms. The molecule has 1 N–H and O–H groups in total. The molecule has 2 fully saturated rings. The lowest BCUT2D eigenvalue weighted by molar-refractivity contribution is -0.139. The number of hydrogen-bond donors (Lipinski definition) is 1. The van der Waals surface area contributed by atoms with Gasteiger partial charge >= 0.3 is 0 Å². The Morgan fingerprint density at radius 1 is 0.971 bits per heavy atom. The molecule has 3 aliphatic rings. The minimum Gasteiger partial charge on any atom is -0.391 e. The number of carbonyl (C=O) groups excluding carboxylic acids is 3. The molecular formula is C26H28ClN3O4. The number of nitrogens with zero attached hydrogens (tertiary/aromatic N) is 3. The molecule has 1 atom stereocenters. The summed E-state index contributed by atoms with van der Waals surface area (Å²) in [6.07, 6.45) is 2.52. The van der Waals surface area contributed by atoms with Crippen LogP contribution in [0.15, 0.2) is 42.5 Å². The van der Waals surface area contributed by atoms with E-state index in [1.165, 1.54) is 4.90 Å². The molecular weight excluding hydrogens is 454 g/mol. The number of amides is 3. The number of likely N-dealkylation sites (tertiary alicyclic amines) is 1. The first-order valence-electron chi connectivity index (χ1n) is 11.9. The number of carbonyl (C=O) groups is 3. The maximum Gasteiger partial charge on any atom is 0.263 e. The minimum atomic E-state index is -0.429. The first kappa shape index (κ1) is 22.9. The van der Waals surface area contributed by atoms with Crippen LogP contribution in [0.5, 0.6) is 0 Å². The van der Waals surface area contributed by atoms with Gasteiger partial charge in [0.2, 0.25) is 5.91 Å². The fourth-order valence-corrected chi connectivity index (χ4v) is 5.50. The maximum absolute atomic E-state index is 13.3. The van der Waals surface area contributed by atoms with Crippen LogP contribution in [-0.4, -0.2) is 64.9 Å². The molecule has 0 radical (unpaired) electrons. The smallest absolute Gasteiger partial charge is 0.263 e. The standard InChI is InChI=1S/C26H28ClN3O4/c27-21-8-2-1-5-18(21)15-30-25(33)20-7-3-9-22(23(20)26(30)34)28-13-10-17(11-14-28)24(32)29-12-4-6-19(31)16-29/h1-3,5,7-9,17,19,31H,4,6,10-16H2/t19-/m0/s1. The molecule has 3 amide bonds. The molecule has 2 aromatic rings. The molecule has 2 saturated heterocycles. The Morgan fingerprint density at radius 3 is 2.47 bits per heavy atom. The summed E-state index contributed by atoms with van der Waals surface area (Å²) in [7, 11) is 0. The summed E-state index contributed by atoms with van der Waals surface area (Å²) in [6, 6.07) is 12.6. The third-order valence-electron chi connectivity index (χ3n) is 7.16. The summed E-state index contributed by atoms with van der Waals surface area (Å²) < 4.78 is 0.